The molecule has 0 radical (unpaired) electrons. The third kappa shape index (κ3) is 10.2. The van der Waals surface area contributed by atoms with Crippen molar-refractivity contribution in [2.24, 2.45) is 0 Å². The number of hydrogen-bond donors (Lipinski definition) is 0. The third-order valence-electron chi connectivity index (χ3n) is 3.05. The van der Waals surface area contributed by atoms with Gasteiger partial charge in [-0.3, -0.25) is 0 Å². The van der Waals surface area contributed by atoms with Gasteiger partial charge in [-0.25, -0.2) is 0 Å². The molecule has 1 fully saturated rings. The summed E-state index contributed by atoms with van der Waals surface area (Å²) < 4.78 is 21.3. The topological polar surface area (TPSA) is 40.2 Å². The lowest BCUT2D eigenvalue weighted by atomic mass is 10.4. The zero-order chi connectivity index (χ0) is 14.3. The van der Waals surface area contributed by atoms with E-state index < -0.39 is 0 Å². The Bertz CT molecular complexity index is 249. The molecule has 20 heavy (non-hydrogen) atoms. The van der Waals surface area contributed by atoms with E-state index in [9.17, 15) is 0 Å². The molecule has 0 aliphatic carbocycles. The highest BCUT2D eigenvalue weighted by Crippen LogP contribution is 2.05. The maximum absolute atomic E-state index is 5.52. The van der Waals surface area contributed by atoms with Crippen molar-refractivity contribution in [3.63, 3.8) is 0 Å². The lowest BCUT2D eigenvalue weighted by molar-refractivity contribution is -0.000512. The molecule has 0 aromatic carbocycles. The molecule has 1 saturated heterocycles. The third-order valence-corrected chi connectivity index (χ3v) is 3.05. The summed E-state index contributed by atoms with van der Waals surface area (Å²) in [5, 5.41) is 0. The number of terminal acetylenes is 1. The average molecular weight is 285 g/mol. The fraction of sp³-hybridized carbons (Fsp3) is 0.867. The summed E-state index contributed by atoms with van der Waals surface area (Å²) in [6, 6.07) is 0. The second kappa shape index (κ2) is 13.3. The van der Waals surface area contributed by atoms with Crippen LogP contribution in [0.15, 0.2) is 0 Å². The van der Waals surface area contributed by atoms with Gasteiger partial charge in [-0.1, -0.05) is 5.92 Å². The van der Waals surface area contributed by atoms with Crippen LogP contribution in [0.5, 0.6) is 0 Å². The zero-order valence-electron chi connectivity index (χ0n) is 12.3. The smallest absolute Gasteiger partial charge is 0.107 e. The molecule has 0 bridgehead atoms. The molecule has 5 heteroatoms. The molecule has 0 aromatic rings. The summed E-state index contributed by atoms with van der Waals surface area (Å²) in [4.78, 5) is 2.44. The van der Waals surface area contributed by atoms with Crippen LogP contribution >= 0.6 is 0 Å². The van der Waals surface area contributed by atoms with Crippen molar-refractivity contribution in [1.82, 2.24) is 4.90 Å². The van der Waals surface area contributed by atoms with Crippen LogP contribution in [-0.4, -0.2) is 77.4 Å². The summed E-state index contributed by atoms with van der Waals surface area (Å²) >= 11 is 0. The molecule has 0 unspecified atom stereocenters. The lowest BCUT2D eigenvalue weighted by Crippen LogP contribution is -2.24. The highest BCUT2D eigenvalue weighted by molar-refractivity contribution is 4.82. The van der Waals surface area contributed by atoms with Crippen LogP contribution in [0.25, 0.3) is 0 Å². The van der Waals surface area contributed by atoms with Gasteiger partial charge in [0.1, 0.15) is 6.61 Å². The Kier molecular flexibility index (Phi) is 11.6. The minimum absolute atomic E-state index is 0.342. The van der Waals surface area contributed by atoms with E-state index in [1.54, 1.807) is 0 Å². The first-order valence-corrected chi connectivity index (χ1v) is 7.40. The van der Waals surface area contributed by atoms with Crippen molar-refractivity contribution >= 4 is 0 Å². The Balaban J connectivity index is 1.67. The van der Waals surface area contributed by atoms with Crippen molar-refractivity contribution in [2.45, 2.75) is 12.8 Å². The standard InChI is InChI=1S/C15H27NO4/c1-2-8-17-10-12-19-14-15-20-13-11-18-9-7-16-5-3-4-6-16/h1H,3-15H2. The number of nitrogens with zero attached hydrogens (tertiary/aromatic N) is 1. The normalized spacial score (nSPS) is 15.6. The Morgan fingerprint density at radius 2 is 1.25 bits per heavy atom. The molecule has 1 aliphatic rings. The summed E-state index contributed by atoms with van der Waals surface area (Å²) in [6.45, 7) is 8.15. The first-order chi connectivity index (χ1) is 9.93. The predicted molar refractivity (Wildman–Crippen MR) is 77.8 cm³/mol. The van der Waals surface area contributed by atoms with Crippen molar-refractivity contribution in [1.29, 1.82) is 0 Å². The van der Waals surface area contributed by atoms with Crippen LogP contribution < -0.4 is 0 Å². The Labute approximate surface area is 122 Å². The van der Waals surface area contributed by atoms with E-state index in [2.05, 4.69) is 10.8 Å². The average Bonchev–Trinajstić information content (AvgIpc) is 2.97. The molecule has 0 N–H and O–H groups in total. The molecule has 0 spiro atoms. The van der Waals surface area contributed by atoms with E-state index in [0.717, 1.165) is 13.2 Å². The van der Waals surface area contributed by atoms with Gasteiger partial charge < -0.3 is 23.8 Å². The van der Waals surface area contributed by atoms with Crippen molar-refractivity contribution < 1.29 is 18.9 Å². The van der Waals surface area contributed by atoms with E-state index in [1.807, 2.05) is 0 Å². The van der Waals surface area contributed by atoms with Crippen molar-refractivity contribution in [3.05, 3.63) is 0 Å². The zero-order valence-corrected chi connectivity index (χ0v) is 12.3. The van der Waals surface area contributed by atoms with Crippen LogP contribution in [0.4, 0.5) is 0 Å². The molecule has 0 aromatic heterocycles. The summed E-state index contributed by atoms with van der Waals surface area (Å²) in [7, 11) is 0. The van der Waals surface area contributed by atoms with E-state index in [1.165, 1.54) is 25.9 Å². The number of likely N-dealkylation sites (tertiary alicyclic amines) is 1. The lowest BCUT2D eigenvalue weighted by Gasteiger charge is -2.14. The molecule has 1 aliphatic heterocycles. The first kappa shape index (κ1) is 17.4. The summed E-state index contributed by atoms with van der Waals surface area (Å²) in [6.07, 6.45) is 7.70. The second-order valence-corrected chi connectivity index (χ2v) is 4.64. The molecular formula is C15H27NO4. The van der Waals surface area contributed by atoms with Gasteiger partial charge in [0, 0.05) is 6.54 Å². The number of hydrogen-bond acceptors (Lipinski definition) is 5. The Morgan fingerprint density at radius 1 is 0.750 bits per heavy atom. The van der Waals surface area contributed by atoms with Crippen LogP contribution in [-0.2, 0) is 18.9 Å². The van der Waals surface area contributed by atoms with Crippen LogP contribution in [0.1, 0.15) is 12.8 Å². The van der Waals surface area contributed by atoms with E-state index in [4.69, 9.17) is 25.4 Å². The van der Waals surface area contributed by atoms with Gasteiger partial charge in [0.05, 0.1) is 46.2 Å². The molecule has 1 rings (SSSR count). The molecule has 0 atom stereocenters. The largest absolute Gasteiger partial charge is 0.378 e. The molecule has 5 nitrogen and oxygen atoms in total. The van der Waals surface area contributed by atoms with E-state index in [0.29, 0.717) is 46.2 Å². The molecule has 0 amide bonds. The van der Waals surface area contributed by atoms with Gasteiger partial charge in [-0.15, -0.1) is 6.42 Å². The van der Waals surface area contributed by atoms with Gasteiger partial charge >= 0.3 is 0 Å². The van der Waals surface area contributed by atoms with Gasteiger partial charge in [-0.05, 0) is 25.9 Å². The minimum Gasteiger partial charge on any atom is -0.378 e. The second-order valence-electron chi connectivity index (χ2n) is 4.64. The monoisotopic (exact) mass is 285 g/mol. The van der Waals surface area contributed by atoms with Crippen molar-refractivity contribution in [3.8, 4) is 12.3 Å². The van der Waals surface area contributed by atoms with Crippen LogP contribution in [0.3, 0.4) is 0 Å². The minimum atomic E-state index is 0.342. The Hall–Kier alpha value is -0.640. The molecular weight excluding hydrogens is 258 g/mol. The van der Waals surface area contributed by atoms with Crippen molar-refractivity contribution in [2.75, 3.05) is 72.5 Å². The van der Waals surface area contributed by atoms with Gasteiger partial charge in [-0.2, -0.15) is 0 Å². The summed E-state index contributed by atoms with van der Waals surface area (Å²) in [5.74, 6) is 2.40. The maximum Gasteiger partial charge on any atom is 0.107 e. The van der Waals surface area contributed by atoms with Crippen LogP contribution in [0.2, 0.25) is 0 Å². The first-order valence-electron chi connectivity index (χ1n) is 7.40. The maximum atomic E-state index is 5.52. The van der Waals surface area contributed by atoms with Gasteiger partial charge in [0.25, 0.3) is 0 Å². The van der Waals surface area contributed by atoms with Gasteiger partial charge in [0.15, 0.2) is 0 Å². The predicted octanol–water partition coefficient (Wildman–Crippen LogP) is 0.782. The Morgan fingerprint density at radius 3 is 1.80 bits per heavy atom. The number of ether oxygens (including phenoxy) is 4. The fourth-order valence-corrected chi connectivity index (χ4v) is 1.99. The number of rotatable bonds is 13. The molecule has 116 valence electrons. The van der Waals surface area contributed by atoms with E-state index >= 15 is 0 Å². The SMILES string of the molecule is C#CCOCCOCCOCCOCCN1CCCC1. The molecule has 0 saturated carbocycles. The fourth-order valence-electron chi connectivity index (χ4n) is 1.99. The quantitative estimate of drug-likeness (QED) is 0.369. The summed E-state index contributed by atoms with van der Waals surface area (Å²) in [5.41, 5.74) is 0. The van der Waals surface area contributed by atoms with Crippen LogP contribution in [0, 0.1) is 12.3 Å². The molecule has 1 heterocycles. The highest BCUT2D eigenvalue weighted by atomic mass is 16.6. The van der Waals surface area contributed by atoms with E-state index in [-0.39, 0.29) is 0 Å². The highest BCUT2D eigenvalue weighted by Gasteiger charge is 2.09. The van der Waals surface area contributed by atoms with Gasteiger partial charge in [0.2, 0.25) is 0 Å².